The molecule has 522 valence electrons. The van der Waals surface area contributed by atoms with Crippen molar-refractivity contribution in [2.24, 2.45) is 5.73 Å². The smallest absolute Gasteiger partial charge is 0.462 e. The van der Waals surface area contributed by atoms with Crippen molar-refractivity contribution >= 4 is 19.8 Å². The van der Waals surface area contributed by atoms with Gasteiger partial charge in [0.25, 0.3) is 0 Å². The number of allylic oxidation sites excluding steroid dienone is 10. The first kappa shape index (κ1) is 86.7. The van der Waals surface area contributed by atoms with Crippen molar-refractivity contribution in [2.75, 3.05) is 26.4 Å². The summed E-state index contributed by atoms with van der Waals surface area (Å²) in [5.74, 6) is -0.804. The van der Waals surface area contributed by atoms with Crippen LogP contribution in [0.5, 0.6) is 0 Å². The fourth-order valence-electron chi connectivity index (χ4n) is 11.7. The topological polar surface area (TPSA) is 134 Å². The van der Waals surface area contributed by atoms with Gasteiger partial charge in [-0.3, -0.25) is 18.6 Å². The van der Waals surface area contributed by atoms with E-state index in [0.29, 0.717) is 6.42 Å². The molecule has 0 aliphatic rings. The number of phosphoric acid groups is 1. The molecule has 0 aromatic carbocycles. The number of carbonyl (C=O) groups excluding carboxylic acids is 2. The van der Waals surface area contributed by atoms with Gasteiger partial charge >= 0.3 is 19.8 Å². The highest BCUT2D eigenvalue weighted by molar-refractivity contribution is 7.47. The minimum Gasteiger partial charge on any atom is -0.462 e. The number of hydrogen-bond acceptors (Lipinski definition) is 8. The van der Waals surface area contributed by atoms with Crippen molar-refractivity contribution in [2.45, 2.75) is 405 Å². The van der Waals surface area contributed by atoms with Gasteiger partial charge < -0.3 is 20.1 Å². The predicted octanol–water partition coefficient (Wildman–Crippen LogP) is 25.8. The highest BCUT2D eigenvalue weighted by Crippen LogP contribution is 2.43. The Hall–Kier alpha value is -2.29. The summed E-state index contributed by atoms with van der Waals surface area (Å²) in [4.78, 5) is 35.4. The third kappa shape index (κ3) is 74.6. The Bertz CT molecular complexity index is 1640. The summed E-state index contributed by atoms with van der Waals surface area (Å²) < 4.78 is 33.3. The lowest BCUT2D eigenvalue weighted by Crippen LogP contribution is -2.29. The van der Waals surface area contributed by atoms with E-state index in [1.807, 2.05) is 0 Å². The molecule has 2 atom stereocenters. The van der Waals surface area contributed by atoms with Crippen LogP contribution in [0.3, 0.4) is 0 Å². The van der Waals surface area contributed by atoms with Gasteiger partial charge in [-0.05, 0) is 57.8 Å². The number of carbonyl (C=O) groups is 2. The van der Waals surface area contributed by atoms with Gasteiger partial charge in [-0.25, -0.2) is 4.57 Å². The maximum atomic E-state index is 12.8. The molecule has 0 rings (SSSR count). The van der Waals surface area contributed by atoms with Crippen LogP contribution in [0.1, 0.15) is 399 Å². The van der Waals surface area contributed by atoms with Crippen molar-refractivity contribution in [3.8, 4) is 0 Å². The van der Waals surface area contributed by atoms with E-state index in [1.54, 1.807) is 0 Å². The summed E-state index contributed by atoms with van der Waals surface area (Å²) >= 11 is 0. The Balaban J connectivity index is 3.78. The molecule has 0 aromatic heterocycles. The summed E-state index contributed by atoms with van der Waals surface area (Å²) in [6, 6.07) is 0. The van der Waals surface area contributed by atoms with Crippen molar-refractivity contribution in [3.63, 3.8) is 0 Å². The lowest BCUT2D eigenvalue weighted by atomic mass is 10.0. The number of nitrogens with two attached hydrogens (primary N) is 1. The lowest BCUT2D eigenvalue weighted by Gasteiger charge is -2.19. The van der Waals surface area contributed by atoms with E-state index in [4.69, 9.17) is 24.3 Å². The highest BCUT2D eigenvalue weighted by atomic mass is 31.2. The minimum atomic E-state index is -4.39. The van der Waals surface area contributed by atoms with E-state index in [2.05, 4.69) is 74.6 Å². The van der Waals surface area contributed by atoms with E-state index < -0.39 is 26.5 Å². The molecule has 3 N–H and O–H groups in total. The third-order valence-electron chi connectivity index (χ3n) is 17.4. The Morgan fingerprint density at radius 2 is 0.618 bits per heavy atom. The van der Waals surface area contributed by atoms with Crippen molar-refractivity contribution in [3.05, 3.63) is 60.8 Å². The normalized spacial score (nSPS) is 13.2. The van der Waals surface area contributed by atoms with Gasteiger partial charge in [0.05, 0.1) is 13.2 Å². The van der Waals surface area contributed by atoms with Gasteiger partial charge in [-0.1, -0.05) is 389 Å². The number of esters is 2. The lowest BCUT2D eigenvalue weighted by molar-refractivity contribution is -0.161. The molecule has 9 nitrogen and oxygen atoms in total. The monoisotopic (exact) mass is 1270 g/mol. The fraction of sp³-hybridized carbons (Fsp3) is 0.848. The average molecular weight is 1270 g/mol. The maximum Gasteiger partial charge on any atom is 0.472 e. The minimum absolute atomic E-state index is 0.0553. The van der Waals surface area contributed by atoms with Crippen LogP contribution < -0.4 is 5.73 Å². The molecule has 0 heterocycles. The zero-order valence-electron chi connectivity index (χ0n) is 58.9. The van der Waals surface area contributed by atoms with Gasteiger partial charge in [-0.2, -0.15) is 0 Å². The number of unbranched alkanes of at least 4 members (excludes halogenated alkanes) is 51. The number of hydrogen-bond donors (Lipinski definition) is 2. The third-order valence-corrected chi connectivity index (χ3v) is 18.4. The fourth-order valence-corrected chi connectivity index (χ4v) is 12.5. The van der Waals surface area contributed by atoms with Crippen molar-refractivity contribution in [1.29, 1.82) is 0 Å². The van der Waals surface area contributed by atoms with Crippen molar-refractivity contribution < 1.29 is 37.6 Å². The molecule has 10 heteroatoms. The largest absolute Gasteiger partial charge is 0.472 e. The molecule has 0 amide bonds. The van der Waals surface area contributed by atoms with Crippen LogP contribution in [0.15, 0.2) is 60.8 Å². The van der Waals surface area contributed by atoms with Gasteiger partial charge in [0.1, 0.15) is 6.61 Å². The Labute approximate surface area is 552 Å². The standard InChI is InChI=1S/C79H148NO8P/c1-3-5-7-9-11-13-15-17-19-21-23-25-27-29-31-33-35-37-38-40-42-44-46-48-50-52-54-56-58-60-62-64-66-68-70-72-79(82)88-77(76-87-89(83,84)86-74-73-80)75-85-78(81)71-69-67-65-63-61-59-57-55-53-51-49-47-45-43-41-39-36-34-32-30-28-26-24-22-20-18-16-14-12-10-8-6-4-2/h5,7,11,13,17,19,23,25,29,31,77H,3-4,6,8-10,12,14-16,18,20-22,24,26-28,30,32-76,80H2,1-2H3,(H,83,84)/b7-5-,13-11-,19-17-,25-23-,31-29-. The summed E-state index contributed by atoms with van der Waals surface area (Å²) in [6.45, 7) is 3.71. The van der Waals surface area contributed by atoms with Crippen LogP contribution >= 0.6 is 7.82 Å². The van der Waals surface area contributed by atoms with Crippen LogP contribution in [-0.4, -0.2) is 49.3 Å². The summed E-state index contributed by atoms with van der Waals surface area (Å²) in [5.41, 5.74) is 5.41. The van der Waals surface area contributed by atoms with Crippen molar-refractivity contribution in [1.82, 2.24) is 0 Å². The summed E-state index contributed by atoms with van der Waals surface area (Å²) in [6.07, 6.45) is 97.8. The van der Waals surface area contributed by atoms with E-state index >= 15 is 0 Å². The van der Waals surface area contributed by atoms with Crippen LogP contribution in [0.25, 0.3) is 0 Å². The molecule has 0 aliphatic carbocycles. The Morgan fingerprint density at radius 3 is 0.921 bits per heavy atom. The molecule has 0 aliphatic heterocycles. The quantitative estimate of drug-likeness (QED) is 0.0264. The predicted molar refractivity (Wildman–Crippen MR) is 386 cm³/mol. The van der Waals surface area contributed by atoms with Gasteiger partial charge in [-0.15, -0.1) is 0 Å². The number of rotatable bonds is 74. The van der Waals surface area contributed by atoms with Crippen LogP contribution in [0.4, 0.5) is 0 Å². The van der Waals surface area contributed by atoms with E-state index in [-0.39, 0.29) is 38.6 Å². The first-order chi connectivity index (χ1) is 43.8. The molecule has 0 saturated heterocycles. The Kier molecular flexibility index (Phi) is 72.8. The summed E-state index contributed by atoms with van der Waals surface area (Å²) in [5, 5.41) is 0. The zero-order valence-corrected chi connectivity index (χ0v) is 59.8. The second-order valence-corrected chi connectivity index (χ2v) is 27.7. The second kappa shape index (κ2) is 74.7. The molecule has 0 fully saturated rings. The van der Waals surface area contributed by atoms with E-state index in [9.17, 15) is 19.0 Å². The first-order valence-electron chi connectivity index (χ1n) is 38.8. The molecule has 0 spiro atoms. The maximum absolute atomic E-state index is 12.8. The molecule has 2 unspecified atom stereocenters. The first-order valence-corrected chi connectivity index (χ1v) is 40.3. The van der Waals surface area contributed by atoms with Crippen LogP contribution in [0, 0.1) is 0 Å². The second-order valence-electron chi connectivity index (χ2n) is 26.2. The molecule has 0 bridgehead atoms. The van der Waals surface area contributed by atoms with Gasteiger partial charge in [0, 0.05) is 19.4 Å². The highest BCUT2D eigenvalue weighted by Gasteiger charge is 2.26. The van der Waals surface area contributed by atoms with Crippen LogP contribution in [-0.2, 0) is 32.7 Å². The Morgan fingerprint density at radius 1 is 0.348 bits per heavy atom. The van der Waals surface area contributed by atoms with Gasteiger partial charge in [0.15, 0.2) is 6.10 Å². The molecule has 0 aromatic rings. The summed E-state index contributed by atoms with van der Waals surface area (Å²) in [7, 11) is -4.39. The zero-order chi connectivity index (χ0) is 64.4. The SMILES string of the molecule is CC/C=C\C/C=C\C/C=C\C/C=C\C/C=C\CCCCCCCCCCCCCCCCCCCCCC(=O)OC(COC(=O)CCCCCCCCCCCCCCCCCCCCCCCCCCCCCCCCCCC)COP(=O)(O)OCCN. The molecule has 0 saturated carbocycles. The molecule has 89 heavy (non-hydrogen) atoms. The van der Waals surface area contributed by atoms with E-state index in [1.165, 1.54) is 302 Å². The van der Waals surface area contributed by atoms with Crippen LogP contribution in [0.2, 0.25) is 0 Å². The molecular formula is C79H148NO8P. The average Bonchev–Trinajstić information content (AvgIpc) is 3.66. The van der Waals surface area contributed by atoms with Gasteiger partial charge in [0.2, 0.25) is 0 Å². The van der Waals surface area contributed by atoms with E-state index in [0.717, 1.165) is 64.2 Å². The molecule has 0 radical (unpaired) electrons. The molecular weight excluding hydrogens is 1120 g/mol. The number of ether oxygens (including phenoxy) is 2. The number of phosphoric ester groups is 1.